The Labute approximate surface area is 199 Å². The lowest BCUT2D eigenvalue weighted by atomic mass is 10.1. The van der Waals surface area contributed by atoms with Crippen molar-refractivity contribution in [3.05, 3.63) is 41.3 Å². The van der Waals surface area contributed by atoms with E-state index in [2.05, 4.69) is 34.3 Å². The van der Waals surface area contributed by atoms with Gasteiger partial charge in [0, 0.05) is 49.3 Å². The molecule has 0 aromatic carbocycles. The largest absolute Gasteiger partial charge is 0.481 e. The van der Waals surface area contributed by atoms with E-state index in [0.29, 0.717) is 31.2 Å². The van der Waals surface area contributed by atoms with Gasteiger partial charge in [0.05, 0.1) is 19.6 Å². The summed E-state index contributed by atoms with van der Waals surface area (Å²) in [4.78, 5) is 41.0. The van der Waals surface area contributed by atoms with Gasteiger partial charge in [-0.25, -0.2) is 19.7 Å². The van der Waals surface area contributed by atoms with Crippen LogP contribution in [-0.4, -0.2) is 74.6 Å². The number of anilines is 1. The number of carboxylic acid groups (broad SMARTS) is 1. The monoisotopic (exact) mass is 468 g/mol. The number of urea groups is 1. The highest BCUT2D eigenvalue weighted by atomic mass is 16.5. The number of aryl methyl sites for hydroxylation is 2. The molecule has 2 aromatic heterocycles. The van der Waals surface area contributed by atoms with Gasteiger partial charge in [0.2, 0.25) is 0 Å². The molecule has 1 fully saturated rings. The van der Waals surface area contributed by atoms with Gasteiger partial charge in [-0.3, -0.25) is 4.79 Å². The maximum atomic E-state index is 13.1. The lowest BCUT2D eigenvalue weighted by Crippen LogP contribution is -2.36. The third-order valence-electron chi connectivity index (χ3n) is 6.45. The van der Waals surface area contributed by atoms with Crippen molar-refractivity contribution in [3.63, 3.8) is 0 Å². The van der Waals surface area contributed by atoms with Gasteiger partial charge < -0.3 is 25.0 Å². The number of nitrogens with zero attached hydrogens (tertiary/aromatic N) is 5. The fourth-order valence-electron chi connectivity index (χ4n) is 4.62. The van der Waals surface area contributed by atoms with Gasteiger partial charge in [-0.15, -0.1) is 0 Å². The van der Waals surface area contributed by atoms with E-state index >= 15 is 0 Å². The van der Waals surface area contributed by atoms with E-state index in [9.17, 15) is 14.7 Å². The summed E-state index contributed by atoms with van der Waals surface area (Å²) in [7, 11) is 1.46. The van der Waals surface area contributed by atoms with Crippen LogP contribution >= 0.6 is 0 Å². The summed E-state index contributed by atoms with van der Waals surface area (Å²) in [6.45, 7) is 3.80. The first kappa shape index (κ1) is 23.7. The van der Waals surface area contributed by atoms with E-state index in [1.165, 1.54) is 31.5 Å². The van der Waals surface area contributed by atoms with Gasteiger partial charge in [0.15, 0.2) is 0 Å². The van der Waals surface area contributed by atoms with Crippen molar-refractivity contribution in [1.29, 1.82) is 0 Å². The maximum Gasteiger partial charge on any atom is 0.320 e. The molecule has 2 atom stereocenters. The predicted octanol–water partition coefficient (Wildman–Crippen LogP) is 2.90. The van der Waals surface area contributed by atoms with Gasteiger partial charge in [0.1, 0.15) is 5.82 Å². The number of aromatic nitrogens is 3. The van der Waals surface area contributed by atoms with Crippen LogP contribution < -0.4 is 10.1 Å². The van der Waals surface area contributed by atoms with E-state index in [1.54, 1.807) is 9.80 Å². The quantitative estimate of drug-likeness (QED) is 0.576. The SMILES string of the molecule is COc1ncc(C(CC(=O)O)N2CCN(CCCc3ccc4c(n3)NC(C)CCC4)C2=O)cn1. The van der Waals surface area contributed by atoms with Crippen LogP contribution in [-0.2, 0) is 17.6 Å². The molecule has 2 amide bonds. The molecule has 0 spiro atoms. The number of ether oxygens (including phenoxy) is 1. The second-order valence-electron chi connectivity index (χ2n) is 8.93. The summed E-state index contributed by atoms with van der Waals surface area (Å²) in [5, 5.41) is 12.9. The van der Waals surface area contributed by atoms with Crippen LogP contribution in [0.3, 0.4) is 0 Å². The highest BCUT2D eigenvalue weighted by molar-refractivity contribution is 5.78. The van der Waals surface area contributed by atoms with Gasteiger partial charge in [-0.2, -0.15) is 0 Å². The molecule has 4 heterocycles. The van der Waals surface area contributed by atoms with E-state index in [0.717, 1.165) is 37.2 Å². The second-order valence-corrected chi connectivity index (χ2v) is 8.93. The molecule has 4 rings (SSSR count). The number of hydrogen-bond acceptors (Lipinski definition) is 7. The number of rotatable bonds is 9. The number of amides is 2. The number of fused-ring (bicyclic) bond motifs is 1. The maximum absolute atomic E-state index is 13.1. The Morgan fingerprint density at radius 2 is 2.09 bits per heavy atom. The Morgan fingerprint density at radius 3 is 2.82 bits per heavy atom. The summed E-state index contributed by atoms with van der Waals surface area (Å²) < 4.78 is 4.98. The molecule has 0 aliphatic carbocycles. The van der Waals surface area contributed by atoms with E-state index < -0.39 is 12.0 Å². The molecule has 2 aromatic rings. The Hall–Kier alpha value is -3.43. The normalized spacial score (nSPS) is 18.8. The Balaban J connectivity index is 1.36. The van der Waals surface area contributed by atoms with Crippen LogP contribution in [0.5, 0.6) is 6.01 Å². The standard InChI is InChI=1S/C24H32N6O4/c1-16-5-3-6-17-8-9-19(28-22(17)27-16)7-4-10-29-11-12-30(24(29)33)20(13-21(31)32)18-14-25-23(34-2)26-15-18/h8-9,14-16,20H,3-7,10-13H2,1-2H3,(H,27,28)(H,31,32). The zero-order valence-electron chi connectivity index (χ0n) is 19.7. The minimum atomic E-state index is -0.982. The van der Waals surface area contributed by atoms with Gasteiger partial charge >= 0.3 is 18.0 Å². The van der Waals surface area contributed by atoms with Crippen molar-refractivity contribution in [2.75, 3.05) is 32.1 Å². The number of aliphatic carboxylic acids is 1. The average molecular weight is 469 g/mol. The fraction of sp³-hybridized carbons (Fsp3) is 0.542. The van der Waals surface area contributed by atoms with Crippen LogP contribution in [0.1, 0.15) is 55.5 Å². The molecule has 2 aliphatic heterocycles. The van der Waals surface area contributed by atoms with E-state index in [1.807, 2.05) is 0 Å². The van der Waals surface area contributed by atoms with Gasteiger partial charge in [0.25, 0.3) is 0 Å². The van der Waals surface area contributed by atoms with E-state index in [-0.39, 0.29) is 18.5 Å². The number of carboxylic acids is 1. The molecule has 1 saturated heterocycles. The number of methoxy groups -OCH3 is 1. The number of carbonyl (C=O) groups is 2. The van der Waals surface area contributed by atoms with Crippen LogP contribution in [0.25, 0.3) is 0 Å². The summed E-state index contributed by atoms with van der Waals surface area (Å²) >= 11 is 0. The van der Waals surface area contributed by atoms with Crippen LogP contribution in [0.2, 0.25) is 0 Å². The molecule has 10 heteroatoms. The highest BCUT2D eigenvalue weighted by Crippen LogP contribution is 2.28. The summed E-state index contributed by atoms with van der Waals surface area (Å²) in [6, 6.07) is 4.09. The molecule has 2 unspecified atom stereocenters. The first-order chi connectivity index (χ1) is 16.4. The average Bonchev–Trinajstić information content (AvgIpc) is 3.07. The van der Waals surface area contributed by atoms with Crippen molar-refractivity contribution < 1.29 is 19.4 Å². The lowest BCUT2D eigenvalue weighted by Gasteiger charge is -2.27. The Bertz CT molecular complexity index is 1020. The third-order valence-corrected chi connectivity index (χ3v) is 6.45. The molecule has 0 bridgehead atoms. The van der Waals surface area contributed by atoms with Crippen molar-refractivity contribution in [1.82, 2.24) is 24.8 Å². The molecule has 182 valence electrons. The second kappa shape index (κ2) is 10.7. The van der Waals surface area contributed by atoms with Crippen molar-refractivity contribution in [2.24, 2.45) is 0 Å². The number of carbonyl (C=O) groups excluding carboxylic acids is 1. The van der Waals surface area contributed by atoms with Crippen molar-refractivity contribution in [3.8, 4) is 6.01 Å². The summed E-state index contributed by atoms with van der Waals surface area (Å²) in [5.41, 5.74) is 2.86. The fourth-order valence-corrected chi connectivity index (χ4v) is 4.62. The zero-order valence-corrected chi connectivity index (χ0v) is 19.7. The van der Waals surface area contributed by atoms with Crippen LogP contribution in [0.15, 0.2) is 24.5 Å². The topological polar surface area (TPSA) is 121 Å². The van der Waals surface area contributed by atoms with Crippen molar-refractivity contribution >= 4 is 17.8 Å². The van der Waals surface area contributed by atoms with Crippen molar-refractivity contribution in [2.45, 2.75) is 57.5 Å². The predicted molar refractivity (Wildman–Crippen MR) is 126 cm³/mol. The number of hydrogen-bond donors (Lipinski definition) is 2. The first-order valence-electron chi connectivity index (χ1n) is 11.8. The molecular formula is C24H32N6O4. The smallest absolute Gasteiger partial charge is 0.320 e. The molecule has 0 saturated carbocycles. The van der Waals surface area contributed by atoms with Crippen LogP contribution in [0.4, 0.5) is 10.6 Å². The minimum absolute atomic E-state index is 0.160. The van der Waals surface area contributed by atoms with Crippen LogP contribution in [0, 0.1) is 0 Å². The zero-order chi connectivity index (χ0) is 24.1. The highest BCUT2D eigenvalue weighted by Gasteiger charge is 2.35. The molecule has 2 aliphatic rings. The molecule has 34 heavy (non-hydrogen) atoms. The first-order valence-corrected chi connectivity index (χ1v) is 11.8. The Morgan fingerprint density at radius 1 is 1.29 bits per heavy atom. The number of pyridine rings is 1. The molecular weight excluding hydrogens is 436 g/mol. The summed E-state index contributed by atoms with van der Waals surface area (Å²) in [6.07, 6.45) is 7.76. The molecule has 10 nitrogen and oxygen atoms in total. The van der Waals surface area contributed by atoms with Gasteiger partial charge in [-0.1, -0.05) is 6.07 Å². The summed E-state index contributed by atoms with van der Waals surface area (Å²) in [5.74, 6) is 0.00780. The van der Waals surface area contributed by atoms with E-state index in [4.69, 9.17) is 9.72 Å². The Kier molecular flexibility index (Phi) is 7.44. The van der Waals surface area contributed by atoms with Gasteiger partial charge in [-0.05, 0) is 50.7 Å². The molecule has 0 radical (unpaired) electrons. The number of nitrogens with one attached hydrogen (secondary N) is 1. The minimum Gasteiger partial charge on any atom is -0.481 e. The molecule has 2 N–H and O–H groups in total. The lowest BCUT2D eigenvalue weighted by molar-refractivity contribution is -0.138. The third kappa shape index (κ3) is 5.55.